The van der Waals surface area contributed by atoms with E-state index in [4.69, 9.17) is 11.6 Å². The molecular formula is C15H12Br2ClNO. The van der Waals surface area contributed by atoms with Crippen LogP contribution in [0.2, 0.25) is 5.02 Å². The van der Waals surface area contributed by atoms with Crippen LogP contribution in [0.25, 0.3) is 0 Å². The van der Waals surface area contributed by atoms with E-state index >= 15 is 0 Å². The van der Waals surface area contributed by atoms with E-state index < -0.39 is 0 Å². The number of amides is 1. The highest BCUT2D eigenvalue weighted by Crippen LogP contribution is 2.23. The molecule has 0 aliphatic carbocycles. The molecule has 0 saturated heterocycles. The molecule has 1 N–H and O–H groups in total. The average Bonchev–Trinajstić information content (AvgIpc) is 2.42. The minimum Gasteiger partial charge on any atom is -0.346 e. The molecular weight excluding hydrogens is 405 g/mol. The first kappa shape index (κ1) is 15.5. The van der Waals surface area contributed by atoms with Gasteiger partial charge in [0.25, 0.3) is 5.91 Å². The van der Waals surface area contributed by atoms with E-state index in [-0.39, 0.29) is 11.9 Å². The number of carbonyl (C=O) groups is 1. The molecule has 2 aromatic rings. The summed E-state index contributed by atoms with van der Waals surface area (Å²) in [5, 5.41) is 3.47. The van der Waals surface area contributed by atoms with Crippen LogP contribution in [0.4, 0.5) is 0 Å². The van der Waals surface area contributed by atoms with Gasteiger partial charge in [-0.25, -0.2) is 0 Å². The smallest absolute Gasteiger partial charge is 0.251 e. The number of benzene rings is 2. The second kappa shape index (κ2) is 6.74. The van der Waals surface area contributed by atoms with E-state index in [1.54, 1.807) is 18.2 Å². The Balaban J connectivity index is 2.10. The van der Waals surface area contributed by atoms with Gasteiger partial charge in [0.2, 0.25) is 0 Å². The monoisotopic (exact) mass is 415 g/mol. The fourth-order valence-electron chi connectivity index (χ4n) is 1.75. The molecule has 0 bridgehead atoms. The van der Waals surface area contributed by atoms with Gasteiger partial charge in [-0.15, -0.1) is 0 Å². The number of halogens is 3. The van der Waals surface area contributed by atoms with Crippen LogP contribution in [0, 0.1) is 0 Å². The molecule has 2 rings (SSSR count). The molecule has 0 aliphatic heterocycles. The van der Waals surface area contributed by atoms with Gasteiger partial charge >= 0.3 is 0 Å². The predicted octanol–water partition coefficient (Wildman–Crippen LogP) is 5.36. The second-order valence-corrected chi connectivity index (χ2v) is 6.55. The van der Waals surface area contributed by atoms with Gasteiger partial charge in [-0.05, 0) is 58.7 Å². The maximum atomic E-state index is 12.2. The minimum absolute atomic E-state index is 0.0713. The first-order valence-corrected chi connectivity index (χ1v) is 7.95. The van der Waals surface area contributed by atoms with Crippen LogP contribution < -0.4 is 5.32 Å². The van der Waals surface area contributed by atoms with Crippen LogP contribution in [-0.2, 0) is 0 Å². The van der Waals surface area contributed by atoms with Crippen LogP contribution in [0.1, 0.15) is 28.9 Å². The van der Waals surface area contributed by atoms with Crippen molar-refractivity contribution in [1.82, 2.24) is 5.32 Å². The van der Waals surface area contributed by atoms with Crippen LogP contribution in [0.3, 0.4) is 0 Å². The predicted molar refractivity (Wildman–Crippen MR) is 89.2 cm³/mol. The highest BCUT2D eigenvalue weighted by Gasteiger charge is 2.12. The molecule has 5 heteroatoms. The van der Waals surface area contributed by atoms with Gasteiger partial charge in [0.1, 0.15) is 0 Å². The summed E-state index contributed by atoms with van der Waals surface area (Å²) in [6.07, 6.45) is 0. The molecule has 0 unspecified atom stereocenters. The Morgan fingerprint density at radius 3 is 2.40 bits per heavy atom. The van der Waals surface area contributed by atoms with Crippen molar-refractivity contribution in [3.63, 3.8) is 0 Å². The zero-order chi connectivity index (χ0) is 14.7. The molecule has 0 aliphatic rings. The van der Waals surface area contributed by atoms with Crippen LogP contribution in [0.15, 0.2) is 51.4 Å². The topological polar surface area (TPSA) is 29.1 Å². The first-order valence-electron chi connectivity index (χ1n) is 5.99. The lowest BCUT2D eigenvalue weighted by Gasteiger charge is -2.14. The van der Waals surface area contributed by atoms with E-state index in [1.165, 1.54) is 0 Å². The van der Waals surface area contributed by atoms with Crippen molar-refractivity contribution in [3.8, 4) is 0 Å². The summed E-state index contributed by atoms with van der Waals surface area (Å²) in [4.78, 5) is 12.2. The quantitative estimate of drug-likeness (QED) is 0.716. The van der Waals surface area contributed by atoms with E-state index in [9.17, 15) is 4.79 Å². The maximum absolute atomic E-state index is 12.2. The number of hydrogen-bond donors (Lipinski definition) is 1. The standard InChI is InChI=1S/C15H12Br2ClNO/c1-9(10-2-5-12(16)6-3-10)19-15(20)11-4-7-13(17)14(18)8-11/h2-9H,1H3,(H,19,20)/t9-/m0/s1. The van der Waals surface area contributed by atoms with Crippen LogP contribution in [-0.4, -0.2) is 5.91 Å². The summed E-state index contributed by atoms with van der Waals surface area (Å²) in [7, 11) is 0. The molecule has 0 aromatic heterocycles. The van der Waals surface area contributed by atoms with Gasteiger partial charge in [-0.2, -0.15) is 0 Å². The lowest BCUT2D eigenvalue weighted by Crippen LogP contribution is -2.26. The summed E-state index contributed by atoms with van der Waals surface area (Å²) in [5.74, 6) is -0.144. The molecule has 0 radical (unpaired) electrons. The van der Waals surface area contributed by atoms with Crippen molar-refractivity contribution in [3.05, 3.63) is 67.6 Å². The van der Waals surface area contributed by atoms with Gasteiger partial charge in [-0.3, -0.25) is 4.79 Å². The SMILES string of the molecule is C[C@H](NC(=O)c1ccc(Br)c(Cl)c1)c1ccc(Br)cc1. The number of rotatable bonds is 3. The molecule has 2 aromatic carbocycles. The summed E-state index contributed by atoms with van der Waals surface area (Å²) in [6.45, 7) is 1.95. The van der Waals surface area contributed by atoms with E-state index in [0.717, 1.165) is 14.5 Å². The summed E-state index contributed by atoms with van der Waals surface area (Å²) < 4.78 is 1.79. The van der Waals surface area contributed by atoms with E-state index in [1.807, 2.05) is 31.2 Å². The third kappa shape index (κ3) is 3.84. The average molecular weight is 418 g/mol. The first-order chi connectivity index (χ1) is 9.47. The van der Waals surface area contributed by atoms with Gasteiger partial charge in [-0.1, -0.05) is 39.7 Å². The Morgan fingerprint density at radius 1 is 1.15 bits per heavy atom. The number of nitrogens with one attached hydrogen (secondary N) is 1. The van der Waals surface area contributed by atoms with E-state index in [2.05, 4.69) is 37.2 Å². The van der Waals surface area contributed by atoms with Crippen molar-refractivity contribution in [2.75, 3.05) is 0 Å². The van der Waals surface area contributed by atoms with Crippen molar-refractivity contribution in [2.45, 2.75) is 13.0 Å². The third-order valence-electron chi connectivity index (χ3n) is 2.90. The molecule has 20 heavy (non-hydrogen) atoms. The summed E-state index contributed by atoms with van der Waals surface area (Å²) >= 11 is 12.7. The molecule has 2 nitrogen and oxygen atoms in total. The molecule has 1 atom stereocenters. The molecule has 104 valence electrons. The molecule has 0 saturated carbocycles. The highest BCUT2D eigenvalue weighted by atomic mass is 79.9. The highest BCUT2D eigenvalue weighted by molar-refractivity contribution is 9.10. The van der Waals surface area contributed by atoms with Crippen LogP contribution >= 0.6 is 43.5 Å². The molecule has 0 heterocycles. The zero-order valence-corrected chi connectivity index (χ0v) is 14.6. The molecule has 1 amide bonds. The van der Waals surface area contributed by atoms with Crippen molar-refractivity contribution in [1.29, 1.82) is 0 Å². The maximum Gasteiger partial charge on any atom is 0.251 e. The lowest BCUT2D eigenvalue weighted by atomic mass is 10.1. The summed E-state index contributed by atoms with van der Waals surface area (Å²) in [5.41, 5.74) is 1.59. The minimum atomic E-state index is -0.144. The fourth-order valence-corrected chi connectivity index (χ4v) is 2.44. The Morgan fingerprint density at radius 2 is 1.80 bits per heavy atom. The zero-order valence-electron chi connectivity index (χ0n) is 10.7. The molecule has 0 spiro atoms. The Hall–Kier alpha value is -0.840. The third-order valence-corrected chi connectivity index (χ3v) is 4.66. The van der Waals surface area contributed by atoms with Gasteiger partial charge < -0.3 is 5.32 Å². The Bertz CT molecular complexity index is 628. The number of hydrogen-bond acceptors (Lipinski definition) is 1. The summed E-state index contributed by atoms with van der Waals surface area (Å²) in [6, 6.07) is 12.9. The van der Waals surface area contributed by atoms with Crippen LogP contribution in [0.5, 0.6) is 0 Å². The van der Waals surface area contributed by atoms with Gasteiger partial charge in [0.15, 0.2) is 0 Å². The Kier molecular flexibility index (Phi) is 5.24. The second-order valence-electron chi connectivity index (χ2n) is 4.38. The largest absolute Gasteiger partial charge is 0.346 e. The van der Waals surface area contributed by atoms with Crippen molar-refractivity contribution >= 4 is 49.4 Å². The van der Waals surface area contributed by atoms with Crippen molar-refractivity contribution in [2.24, 2.45) is 0 Å². The normalized spacial score (nSPS) is 12.0. The van der Waals surface area contributed by atoms with Gasteiger partial charge in [0.05, 0.1) is 11.1 Å². The lowest BCUT2D eigenvalue weighted by molar-refractivity contribution is 0.0940. The van der Waals surface area contributed by atoms with E-state index in [0.29, 0.717) is 10.6 Å². The van der Waals surface area contributed by atoms with Crippen molar-refractivity contribution < 1.29 is 4.79 Å². The molecule has 0 fully saturated rings. The van der Waals surface area contributed by atoms with Gasteiger partial charge in [0, 0.05) is 14.5 Å². The Labute approximate surface area is 139 Å². The fraction of sp³-hybridized carbons (Fsp3) is 0.133. The number of carbonyl (C=O) groups excluding carboxylic acids is 1.